The highest BCUT2D eigenvalue weighted by Gasteiger charge is 2.20. The van der Waals surface area contributed by atoms with Crippen LogP contribution >= 0.6 is 0 Å². The molecule has 7 nitrogen and oxygen atoms in total. The zero-order valence-corrected chi connectivity index (χ0v) is 12.2. The van der Waals surface area contributed by atoms with Crippen molar-refractivity contribution in [3.8, 4) is 17.4 Å². The lowest BCUT2D eigenvalue weighted by Crippen LogP contribution is -2.30. The summed E-state index contributed by atoms with van der Waals surface area (Å²) in [5.74, 6) is 7.49. The summed E-state index contributed by atoms with van der Waals surface area (Å²) in [6.45, 7) is 0. The SMILES string of the molecule is COc1ccc(OC)c(C(NN)c2ccc(OC)nn2)c1. The Morgan fingerprint density at radius 2 is 1.81 bits per heavy atom. The molecule has 0 aliphatic heterocycles. The summed E-state index contributed by atoms with van der Waals surface area (Å²) in [5, 5.41) is 8.06. The van der Waals surface area contributed by atoms with Gasteiger partial charge >= 0.3 is 0 Å². The first-order valence-corrected chi connectivity index (χ1v) is 6.29. The van der Waals surface area contributed by atoms with E-state index in [1.165, 1.54) is 7.11 Å². The average molecular weight is 290 g/mol. The fraction of sp³-hybridized carbons (Fsp3) is 0.286. The van der Waals surface area contributed by atoms with Crippen LogP contribution in [0.15, 0.2) is 30.3 Å². The van der Waals surface area contributed by atoms with E-state index in [2.05, 4.69) is 15.6 Å². The summed E-state index contributed by atoms with van der Waals surface area (Å²) in [6, 6.07) is 8.60. The number of hydrogen-bond acceptors (Lipinski definition) is 7. The Labute approximate surface area is 123 Å². The molecule has 0 saturated heterocycles. The topological polar surface area (TPSA) is 91.5 Å². The van der Waals surface area contributed by atoms with E-state index in [0.29, 0.717) is 23.1 Å². The molecular weight excluding hydrogens is 272 g/mol. The van der Waals surface area contributed by atoms with Gasteiger partial charge in [-0.1, -0.05) is 0 Å². The second kappa shape index (κ2) is 6.87. The minimum absolute atomic E-state index is 0.381. The predicted octanol–water partition coefficient (Wildman–Crippen LogP) is 1.06. The Hall–Kier alpha value is -2.38. The van der Waals surface area contributed by atoms with Crippen molar-refractivity contribution in [3.05, 3.63) is 41.6 Å². The molecule has 0 fully saturated rings. The van der Waals surface area contributed by atoms with Crippen molar-refractivity contribution in [3.63, 3.8) is 0 Å². The van der Waals surface area contributed by atoms with Crippen LogP contribution in [0.4, 0.5) is 0 Å². The van der Waals surface area contributed by atoms with Gasteiger partial charge in [0, 0.05) is 11.6 Å². The molecule has 0 spiro atoms. The van der Waals surface area contributed by atoms with Crippen LogP contribution in [0.2, 0.25) is 0 Å². The van der Waals surface area contributed by atoms with Crippen LogP contribution in [0, 0.1) is 0 Å². The number of benzene rings is 1. The zero-order chi connectivity index (χ0) is 15.2. The molecule has 0 aliphatic carbocycles. The van der Waals surface area contributed by atoms with E-state index < -0.39 is 0 Å². The smallest absolute Gasteiger partial charge is 0.233 e. The summed E-state index contributed by atoms with van der Waals surface area (Å²) in [5.41, 5.74) is 4.17. The Kier molecular flexibility index (Phi) is 4.91. The normalized spacial score (nSPS) is 11.8. The fourth-order valence-electron chi connectivity index (χ4n) is 1.99. The molecule has 0 radical (unpaired) electrons. The highest BCUT2D eigenvalue weighted by molar-refractivity contribution is 5.45. The van der Waals surface area contributed by atoms with Gasteiger partial charge in [0.15, 0.2) is 0 Å². The molecule has 2 aromatic rings. The number of hydrazine groups is 1. The maximum absolute atomic E-state index is 5.68. The first-order valence-electron chi connectivity index (χ1n) is 6.29. The minimum Gasteiger partial charge on any atom is -0.497 e. The summed E-state index contributed by atoms with van der Waals surface area (Å²) < 4.78 is 15.6. The molecule has 3 N–H and O–H groups in total. The number of aromatic nitrogens is 2. The number of methoxy groups -OCH3 is 3. The Balaban J connectivity index is 2.43. The van der Waals surface area contributed by atoms with Crippen molar-refractivity contribution in [1.29, 1.82) is 0 Å². The van der Waals surface area contributed by atoms with Crippen LogP contribution in [0.3, 0.4) is 0 Å². The Morgan fingerprint density at radius 1 is 1.00 bits per heavy atom. The van der Waals surface area contributed by atoms with Gasteiger partial charge in [-0.05, 0) is 24.3 Å². The van der Waals surface area contributed by atoms with Gasteiger partial charge < -0.3 is 14.2 Å². The molecule has 1 atom stereocenters. The van der Waals surface area contributed by atoms with Crippen molar-refractivity contribution in [2.24, 2.45) is 5.84 Å². The first-order chi connectivity index (χ1) is 10.2. The first kappa shape index (κ1) is 15.0. The van der Waals surface area contributed by atoms with E-state index in [4.69, 9.17) is 20.1 Å². The third-order valence-corrected chi connectivity index (χ3v) is 3.08. The average Bonchev–Trinajstić information content (AvgIpc) is 2.56. The van der Waals surface area contributed by atoms with E-state index in [1.807, 2.05) is 18.2 Å². The van der Waals surface area contributed by atoms with Crippen LogP contribution < -0.4 is 25.5 Å². The third kappa shape index (κ3) is 3.21. The quantitative estimate of drug-likeness (QED) is 0.607. The molecule has 2 rings (SSSR count). The lowest BCUT2D eigenvalue weighted by molar-refractivity contribution is 0.387. The Bertz CT molecular complexity index is 589. The van der Waals surface area contributed by atoms with E-state index in [1.54, 1.807) is 26.4 Å². The predicted molar refractivity (Wildman–Crippen MR) is 77.3 cm³/mol. The lowest BCUT2D eigenvalue weighted by Gasteiger charge is -2.19. The molecule has 1 aromatic carbocycles. The van der Waals surface area contributed by atoms with Gasteiger partial charge in [0.2, 0.25) is 5.88 Å². The second-order valence-electron chi connectivity index (χ2n) is 4.21. The number of hydrogen-bond donors (Lipinski definition) is 2. The monoisotopic (exact) mass is 290 g/mol. The van der Waals surface area contributed by atoms with Gasteiger partial charge in [-0.25, -0.2) is 5.43 Å². The zero-order valence-electron chi connectivity index (χ0n) is 12.2. The maximum Gasteiger partial charge on any atom is 0.233 e. The van der Waals surface area contributed by atoms with E-state index in [-0.39, 0.29) is 6.04 Å². The molecule has 1 unspecified atom stereocenters. The summed E-state index contributed by atoms with van der Waals surface area (Å²) >= 11 is 0. The molecule has 112 valence electrons. The van der Waals surface area contributed by atoms with Crippen LogP contribution in [0.1, 0.15) is 17.3 Å². The number of nitrogens with zero attached hydrogens (tertiary/aromatic N) is 2. The molecule has 21 heavy (non-hydrogen) atoms. The fourth-order valence-corrected chi connectivity index (χ4v) is 1.99. The highest BCUT2D eigenvalue weighted by atomic mass is 16.5. The molecule has 1 aromatic heterocycles. The van der Waals surface area contributed by atoms with E-state index >= 15 is 0 Å². The lowest BCUT2D eigenvalue weighted by atomic mass is 10.0. The van der Waals surface area contributed by atoms with Crippen LogP contribution in [0.5, 0.6) is 17.4 Å². The van der Waals surface area contributed by atoms with Gasteiger partial charge in [0.05, 0.1) is 33.1 Å². The number of ether oxygens (including phenoxy) is 3. The molecule has 0 aliphatic rings. The second-order valence-corrected chi connectivity index (χ2v) is 4.21. The molecule has 7 heteroatoms. The highest BCUT2D eigenvalue weighted by Crippen LogP contribution is 2.32. The Morgan fingerprint density at radius 3 is 2.33 bits per heavy atom. The van der Waals surface area contributed by atoms with E-state index in [9.17, 15) is 0 Å². The van der Waals surface area contributed by atoms with Gasteiger partial charge in [-0.15, -0.1) is 10.2 Å². The maximum atomic E-state index is 5.68. The summed E-state index contributed by atoms with van der Waals surface area (Å²) in [7, 11) is 4.73. The van der Waals surface area contributed by atoms with Crippen molar-refractivity contribution in [2.75, 3.05) is 21.3 Å². The van der Waals surface area contributed by atoms with Crippen LogP contribution in [-0.4, -0.2) is 31.5 Å². The van der Waals surface area contributed by atoms with Gasteiger partial charge in [-0.3, -0.25) is 5.84 Å². The van der Waals surface area contributed by atoms with E-state index in [0.717, 1.165) is 5.56 Å². The number of nitrogens with two attached hydrogens (primary N) is 1. The molecule has 0 bridgehead atoms. The van der Waals surface area contributed by atoms with Crippen molar-refractivity contribution >= 4 is 0 Å². The number of nitrogens with one attached hydrogen (secondary N) is 1. The minimum atomic E-state index is -0.381. The third-order valence-electron chi connectivity index (χ3n) is 3.08. The van der Waals surface area contributed by atoms with Gasteiger partial charge in [-0.2, -0.15) is 0 Å². The molecule has 1 heterocycles. The standard InChI is InChI=1S/C14H18N4O3/c1-19-9-4-6-12(20-2)10(8-9)14(16-15)11-5-7-13(21-3)18-17-11/h4-8,14,16H,15H2,1-3H3. The van der Waals surface area contributed by atoms with Crippen LogP contribution in [-0.2, 0) is 0 Å². The number of rotatable bonds is 6. The summed E-state index contributed by atoms with van der Waals surface area (Å²) in [6.07, 6.45) is 0. The molecular formula is C14H18N4O3. The van der Waals surface area contributed by atoms with Gasteiger partial charge in [0.1, 0.15) is 11.5 Å². The summed E-state index contributed by atoms with van der Waals surface area (Å²) in [4.78, 5) is 0. The van der Waals surface area contributed by atoms with Crippen molar-refractivity contribution in [1.82, 2.24) is 15.6 Å². The largest absolute Gasteiger partial charge is 0.497 e. The van der Waals surface area contributed by atoms with Crippen molar-refractivity contribution < 1.29 is 14.2 Å². The molecule has 0 saturated carbocycles. The van der Waals surface area contributed by atoms with Crippen molar-refractivity contribution in [2.45, 2.75) is 6.04 Å². The van der Waals surface area contributed by atoms with Gasteiger partial charge in [0.25, 0.3) is 0 Å². The van der Waals surface area contributed by atoms with Crippen LogP contribution in [0.25, 0.3) is 0 Å². The molecule has 0 amide bonds.